The van der Waals surface area contributed by atoms with Crippen LogP contribution in [0.2, 0.25) is 0 Å². The Labute approximate surface area is 519 Å². The molecular weight excluding hydrogens is 1220 g/mol. The number of nitrogens with zero attached hydrogens (tertiary/aromatic N) is 4. The van der Waals surface area contributed by atoms with Crippen molar-refractivity contribution in [1.82, 2.24) is 20.4 Å². The zero-order valence-corrected chi connectivity index (χ0v) is 52.2. The van der Waals surface area contributed by atoms with Gasteiger partial charge in [0.05, 0.1) is 38.0 Å². The molecule has 2 heterocycles. The van der Waals surface area contributed by atoms with Crippen LogP contribution in [0.15, 0.2) is 48.5 Å². The summed E-state index contributed by atoms with van der Waals surface area (Å²) in [5.41, 5.74) is 16.0. The summed E-state index contributed by atoms with van der Waals surface area (Å²) in [5.74, 6) is -0.390. The van der Waals surface area contributed by atoms with Crippen LogP contribution in [0.1, 0.15) is 101 Å². The number of alkyl halides is 4. The monoisotopic (exact) mass is 1300 g/mol. The molecule has 0 bridgehead atoms. The Bertz CT molecular complexity index is 1830. The number of amides is 4. The molecule has 4 atom stereocenters. The summed E-state index contributed by atoms with van der Waals surface area (Å²) in [6.07, 6.45) is 14.1. The van der Waals surface area contributed by atoms with E-state index in [1.807, 2.05) is 48.5 Å². The standard InChI is InChI=1S/C52H78Cl4N8O8.6ClH/c53-21-27-61(28-22-54)41-17-13-39(14-18-41)35-43(57)51(69)71-33-31-63-47(65)37-45(49(63)67)59-25-11-9-7-5-3-1-2-4-6-8-10-12-26-60-46-38-48(66)64(50(46)68)32-34-72-52(70)44(58)36-40-15-19-42(20-16-40)62(29-23-55)30-24-56;;;;;;/h13-20,43-46,59-60H,1-12,21-38,57-58H2;6*1H/t43-,44-,45?,46?;;;;;;/m0....../s1. The second-order valence-corrected chi connectivity index (χ2v) is 20.0. The topological polar surface area (TPSA) is 210 Å². The first-order chi connectivity index (χ1) is 34.9. The quantitative estimate of drug-likeness (QED) is 0.0214. The van der Waals surface area contributed by atoms with Gasteiger partial charge < -0.3 is 41.4 Å². The Morgan fingerprint density at radius 1 is 0.500 bits per heavy atom. The van der Waals surface area contributed by atoms with E-state index in [2.05, 4.69) is 20.4 Å². The average Bonchev–Trinajstić information content (AvgIpc) is 3.80. The molecule has 0 radical (unpaired) electrons. The Balaban J connectivity index is -0.00000937. The summed E-state index contributed by atoms with van der Waals surface area (Å²) in [6.45, 7) is 3.78. The van der Waals surface area contributed by atoms with Gasteiger partial charge in [-0.05, 0) is 74.2 Å². The summed E-state index contributed by atoms with van der Waals surface area (Å²) in [7, 11) is 0. The van der Waals surface area contributed by atoms with E-state index in [1.54, 1.807) is 0 Å². The van der Waals surface area contributed by atoms with Crippen LogP contribution in [0.4, 0.5) is 11.4 Å². The predicted molar refractivity (Wildman–Crippen MR) is 331 cm³/mol. The minimum Gasteiger partial charge on any atom is -0.463 e. The third kappa shape index (κ3) is 28.8. The number of imide groups is 2. The maximum atomic E-state index is 12.9. The predicted octanol–water partition coefficient (Wildman–Crippen LogP) is 8.43. The minimum atomic E-state index is -0.881. The van der Waals surface area contributed by atoms with Gasteiger partial charge in [0, 0.05) is 61.1 Å². The first-order valence-electron chi connectivity index (χ1n) is 25.8. The average molecular weight is 1300 g/mol. The van der Waals surface area contributed by atoms with Gasteiger partial charge in [0.25, 0.3) is 0 Å². The molecule has 2 aliphatic heterocycles. The molecule has 2 aromatic carbocycles. The first-order valence-corrected chi connectivity index (χ1v) is 28.0. The van der Waals surface area contributed by atoms with Crippen LogP contribution in [0.5, 0.6) is 0 Å². The number of anilines is 2. The van der Waals surface area contributed by atoms with Gasteiger partial charge in [0.2, 0.25) is 23.6 Å². The Morgan fingerprint density at radius 3 is 1.06 bits per heavy atom. The molecule has 0 spiro atoms. The highest BCUT2D eigenvalue weighted by Gasteiger charge is 2.39. The third-order valence-electron chi connectivity index (χ3n) is 13.0. The third-order valence-corrected chi connectivity index (χ3v) is 13.7. The number of carbonyl (C=O) groups excluding carboxylic acids is 6. The zero-order chi connectivity index (χ0) is 52.1. The van der Waals surface area contributed by atoms with Crippen molar-refractivity contribution in [2.75, 3.05) is 98.9 Å². The number of carbonyl (C=O) groups is 6. The smallest absolute Gasteiger partial charge is 0.323 e. The van der Waals surface area contributed by atoms with Crippen molar-refractivity contribution in [3.05, 3.63) is 59.7 Å². The van der Waals surface area contributed by atoms with Gasteiger partial charge in [-0.25, -0.2) is 0 Å². The highest BCUT2D eigenvalue weighted by molar-refractivity contribution is 6.19. The number of nitrogens with two attached hydrogens (primary N) is 2. The summed E-state index contributed by atoms with van der Waals surface area (Å²) >= 11 is 23.7. The molecule has 450 valence electrons. The van der Waals surface area contributed by atoms with E-state index in [-0.39, 0.29) is 150 Å². The van der Waals surface area contributed by atoms with E-state index in [0.717, 1.165) is 70.8 Å². The number of hydrogen-bond acceptors (Lipinski definition) is 14. The van der Waals surface area contributed by atoms with Gasteiger partial charge in [-0.15, -0.1) is 121 Å². The highest BCUT2D eigenvalue weighted by atomic mass is 35.5. The second-order valence-electron chi connectivity index (χ2n) is 18.5. The molecule has 2 fully saturated rings. The van der Waals surface area contributed by atoms with Crippen LogP contribution in [0, 0.1) is 0 Å². The lowest BCUT2D eigenvalue weighted by atomic mass is 10.0. The van der Waals surface area contributed by atoms with Gasteiger partial charge in [-0.2, -0.15) is 0 Å². The summed E-state index contributed by atoms with van der Waals surface area (Å²) in [5, 5.41) is 6.47. The number of benzene rings is 2. The van der Waals surface area contributed by atoms with Crippen LogP contribution < -0.4 is 31.9 Å². The van der Waals surface area contributed by atoms with Crippen molar-refractivity contribution in [2.45, 2.75) is 127 Å². The van der Waals surface area contributed by atoms with Crippen LogP contribution in [0.3, 0.4) is 0 Å². The second kappa shape index (κ2) is 46.5. The number of unbranched alkanes of at least 4 members (excludes halogenated alkanes) is 11. The fourth-order valence-corrected chi connectivity index (χ4v) is 9.74. The molecule has 78 heavy (non-hydrogen) atoms. The summed E-state index contributed by atoms with van der Waals surface area (Å²) in [4.78, 5) is 82.7. The molecule has 0 aromatic heterocycles. The van der Waals surface area contributed by atoms with Gasteiger partial charge in [-0.3, -0.25) is 38.6 Å². The Kier molecular flexibility index (Phi) is 47.8. The van der Waals surface area contributed by atoms with Crippen LogP contribution >= 0.6 is 121 Å². The lowest BCUT2D eigenvalue weighted by molar-refractivity contribution is -0.149. The molecule has 2 aromatic rings. The van der Waals surface area contributed by atoms with Crippen molar-refractivity contribution < 1.29 is 38.2 Å². The SMILES string of the molecule is Cl.Cl.Cl.Cl.Cl.Cl.N[C@@H](Cc1ccc(N(CCCl)CCCl)cc1)C(=O)OCCN1C(=O)CC(NCCCCCCCCCCCCCCNC2CC(=O)N(CCOC(=O)[C@@H](N)Cc3ccc(N(CCCl)CCCl)cc3)C2=O)C1=O. The van der Waals surface area contributed by atoms with Gasteiger partial charge in [0.1, 0.15) is 25.3 Å². The van der Waals surface area contributed by atoms with Gasteiger partial charge in [-0.1, -0.05) is 88.5 Å². The van der Waals surface area contributed by atoms with E-state index in [0.29, 0.717) is 62.8 Å². The van der Waals surface area contributed by atoms with Crippen molar-refractivity contribution >= 4 is 168 Å². The van der Waals surface area contributed by atoms with E-state index in [4.69, 9.17) is 67.3 Å². The normalized spacial score (nSPS) is 15.4. The molecule has 26 heteroatoms. The fourth-order valence-electron chi connectivity index (χ4n) is 8.92. The molecule has 2 saturated heterocycles. The lowest BCUT2D eigenvalue weighted by Gasteiger charge is -2.23. The largest absolute Gasteiger partial charge is 0.463 e. The maximum Gasteiger partial charge on any atom is 0.323 e. The van der Waals surface area contributed by atoms with Crippen LogP contribution in [0.25, 0.3) is 0 Å². The van der Waals surface area contributed by atoms with E-state index < -0.39 is 36.1 Å². The lowest BCUT2D eigenvalue weighted by Crippen LogP contribution is -2.41. The fraction of sp³-hybridized carbons (Fsp3) is 0.654. The van der Waals surface area contributed by atoms with Gasteiger partial charge in [0.15, 0.2) is 0 Å². The first kappa shape index (κ1) is 80.2. The molecular formula is C52H84Cl10N8O8. The van der Waals surface area contributed by atoms with E-state index >= 15 is 0 Å². The molecule has 0 aliphatic carbocycles. The molecule has 6 N–H and O–H groups in total. The van der Waals surface area contributed by atoms with Crippen molar-refractivity contribution in [2.24, 2.45) is 11.5 Å². The van der Waals surface area contributed by atoms with Crippen LogP contribution in [-0.2, 0) is 51.1 Å². The highest BCUT2D eigenvalue weighted by Crippen LogP contribution is 2.20. The number of rotatable bonds is 39. The molecule has 16 nitrogen and oxygen atoms in total. The number of hydrogen-bond donors (Lipinski definition) is 4. The van der Waals surface area contributed by atoms with E-state index in [9.17, 15) is 28.8 Å². The number of nitrogens with one attached hydrogen (secondary N) is 2. The molecule has 4 amide bonds. The van der Waals surface area contributed by atoms with Gasteiger partial charge >= 0.3 is 11.9 Å². The zero-order valence-electron chi connectivity index (χ0n) is 44.3. The van der Waals surface area contributed by atoms with Crippen LogP contribution in [-0.4, -0.2) is 159 Å². The van der Waals surface area contributed by atoms with Crippen molar-refractivity contribution in [3.8, 4) is 0 Å². The number of ether oxygens (including phenoxy) is 2. The molecule has 2 unspecified atom stereocenters. The minimum absolute atomic E-state index is 0. The summed E-state index contributed by atoms with van der Waals surface area (Å²) in [6, 6.07) is 12.5. The van der Waals surface area contributed by atoms with Crippen molar-refractivity contribution in [3.63, 3.8) is 0 Å². The number of likely N-dealkylation sites (tertiary alicyclic amines) is 2. The molecule has 0 saturated carbocycles. The Hall–Kier alpha value is -2.00. The molecule has 4 rings (SSSR count). The number of halogens is 10. The number of esters is 2. The van der Waals surface area contributed by atoms with Crippen molar-refractivity contribution in [1.29, 1.82) is 0 Å². The maximum absolute atomic E-state index is 12.9. The Morgan fingerprint density at radius 2 is 0.782 bits per heavy atom. The van der Waals surface area contributed by atoms with E-state index in [1.165, 1.54) is 38.5 Å². The summed E-state index contributed by atoms with van der Waals surface area (Å²) < 4.78 is 10.7. The molecule has 2 aliphatic rings.